The molecule has 164 valence electrons. The van der Waals surface area contributed by atoms with Gasteiger partial charge in [-0.15, -0.1) is 0 Å². The summed E-state index contributed by atoms with van der Waals surface area (Å²) in [5, 5.41) is 2.99. The predicted octanol–water partition coefficient (Wildman–Crippen LogP) is 4.26. The first-order chi connectivity index (χ1) is 15.2. The number of nitrogens with one attached hydrogen (secondary N) is 1. The standard InChI is InChI=1S/C25H30N2O4/c1-2-31-23-11-4-3-9-21(23)25(29)27-14-6-10-22(27)24(28)26-20-8-5-7-19(15-20)17-30-16-18-12-13-18/h3-5,7-9,11,15,18,22H,2,6,10,12-14,16-17H2,1H3,(H,26,28). The summed E-state index contributed by atoms with van der Waals surface area (Å²) in [6, 6.07) is 14.4. The van der Waals surface area contributed by atoms with Crippen LogP contribution < -0.4 is 10.1 Å². The smallest absolute Gasteiger partial charge is 0.258 e. The molecule has 31 heavy (non-hydrogen) atoms. The molecule has 1 unspecified atom stereocenters. The number of carbonyl (C=O) groups excluding carboxylic acids is 2. The van der Waals surface area contributed by atoms with E-state index in [1.54, 1.807) is 17.0 Å². The number of para-hydroxylation sites is 1. The van der Waals surface area contributed by atoms with Gasteiger partial charge in [0, 0.05) is 18.8 Å². The molecule has 1 saturated carbocycles. The summed E-state index contributed by atoms with van der Waals surface area (Å²) in [6.45, 7) is 4.28. The number of likely N-dealkylation sites (tertiary alicyclic amines) is 1. The van der Waals surface area contributed by atoms with Gasteiger partial charge in [0.1, 0.15) is 11.8 Å². The maximum absolute atomic E-state index is 13.2. The van der Waals surface area contributed by atoms with E-state index in [2.05, 4.69) is 5.32 Å². The molecule has 2 aromatic carbocycles. The van der Waals surface area contributed by atoms with E-state index >= 15 is 0 Å². The summed E-state index contributed by atoms with van der Waals surface area (Å²) >= 11 is 0. The van der Waals surface area contributed by atoms with E-state index in [1.807, 2.05) is 43.3 Å². The molecule has 1 aliphatic heterocycles. The van der Waals surface area contributed by atoms with Gasteiger partial charge in [-0.05, 0) is 68.4 Å². The molecule has 1 atom stereocenters. The highest BCUT2D eigenvalue weighted by atomic mass is 16.5. The molecule has 1 saturated heterocycles. The molecular weight excluding hydrogens is 392 g/mol. The van der Waals surface area contributed by atoms with Gasteiger partial charge in [-0.1, -0.05) is 24.3 Å². The van der Waals surface area contributed by atoms with Gasteiger partial charge < -0.3 is 19.7 Å². The average molecular weight is 423 g/mol. The molecule has 1 aliphatic carbocycles. The molecule has 2 fully saturated rings. The Bertz CT molecular complexity index is 925. The molecule has 2 aliphatic rings. The minimum atomic E-state index is -0.489. The quantitative estimate of drug-likeness (QED) is 0.656. The van der Waals surface area contributed by atoms with E-state index in [-0.39, 0.29) is 11.8 Å². The zero-order valence-electron chi connectivity index (χ0n) is 18.0. The molecule has 4 rings (SSSR count). The highest BCUT2D eigenvalue weighted by Crippen LogP contribution is 2.29. The van der Waals surface area contributed by atoms with Crippen molar-refractivity contribution in [1.82, 2.24) is 4.90 Å². The Balaban J connectivity index is 1.40. The van der Waals surface area contributed by atoms with Gasteiger partial charge in [-0.25, -0.2) is 0 Å². The first-order valence-corrected chi connectivity index (χ1v) is 11.2. The topological polar surface area (TPSA) is 67.9 Å². The van der Waals surface area contributed by atoms with Gasteiger partial charge in [0.15, 0.2) is 0 Å². The van der Waals surface area contributed by atoms with Crippen molar-refractivity contribution < 1.29 is 19.1 Å². The van der Waals surface area contributed by atoms with Crippen molar-refractivity contribution in [3.8, 4) is 5.75 Å². The van der Waals surface area contributed by atoms with E-state index in [1.165, 1.54) is 12.8 Å². The fraction of sp³-hybridized carbons (Fsp3) is 0.440. The number of hydrogen-bond donors (Lipinski definition) is 1. The number of carbonyl (C=O) groups is 2. The average Bonchev–Trinajstić information content (AvgIpc) is 3.46. The number of ether oxygens (including phenoxy) is 2. The third-order valence-corrected chi connectivity index (χ3v) is 5.75. The lowest BCUT2D eigenvalue weighted by molar-refractivity contribution is -0.119. The van der Waals surface area contributed by atoms with Crippen molar-refractivity contribution >= 4 is 17.5 Å². The van der Waals surface area contributed by atoms with Gasteiger partial charge in [-0.3, -0.25) is 9.59 Å². The summed E-state index contributed by atoms with van der Waals surface area (Å²) in [5.41, 5.74) is 2.26. The monoisotopic (exact) mass is 422 g/mol. The van der Waals surface area contributed by atoms with E-state index in [0.29, 0.717) is 37.5 Å². The first-order valence-electron chi connectivity index (χ1n) is 11.2. The number of amides is 2. The van der Waals surface area contributed by atoms with Crippen molar-refractivity contribution in [2.75, 3.05) is 25.1 Å². The summed E-state index contributed by atoms with van der Waals surface area (Å²) < 4.78 is 11.4. The Morgan fingerprint density at radius 3 is 2.74 bits per heavy atom. The minimum absolute atomic E-state index is 0.157. The Kier molecular flexibility index (Phi) is 6.87. The van der Waals surface area contributed by atoms with Crippen LogP contribution in [0, 0.1) is 5.92 Å². The van der Waals surface area contributed by atoms with Crippen LogP contribution in [0.3, 0.4) is 0 Å². The van der Waals surface area contributed by atoms with Crippen LogP contribution in [0.4, 0.5) is 5.69 Å². The number of benzene rings is 2. The number of hydrogen-bond acceptors (Lipinski definition) is 4. The first kappa shape index (κ1) is 21.4. The fourth-order valence-electron chi connectivity index (χ4n) is 3.95. The zero-order valence-corrected chi connectivity index (χ0v) is 18.0. The summed E-state index contributed by atoms with van der Waals surface area (Å²) in [7, 11) is 0. The molecule has 2 amide bonds. The van der Waals surface area contributed by atoms with Crippen molar-refractivity contribution in [2.45, 2.75) is 45.3 Å². The fourth-order valence-corrected chi connectivity index (χ4v) is 3.95. The van der Waals surface area contributed by atoms with Crippen molar-refractivity contribution in [3.05, 3.63) is 59.7 Å². The Morgan fingerprint density at radius 1 is 1.10 bits per heavy atom. The van der Waals surface area contributed by atoms with E-state index < -0.39 is 6.04 Å². The van der Waals surface area contributed by atoms with Crippen molar-refractivity contribution in [3.63, 3.8) is 0 Å². The second kappa shape index (κ2) is 9.96. The Hall–Kier alpha value is -2.86. The summed E-state index contributed by atoms with van der Waals surface area (Å²) in [6.07, 6.45) is 3.98. The summed E-state index contributed by atoms with van der Waals surface area (Å²) in [5.74, 6) is 0.960. The lowest BCUT2D eigenvalue weighted by Gasteiger charge is -2.25. The third-order valence-electron chi connectivity index (χ3n) is 5.75. The van der Waals surface area contributed by atoms with Gasteiger partial charge in [0.05, 0.1) is 18.8 Å². The van der Waals surface area contributed by atoms with Crippen LogP contribution in [0.15, 0.2) is 48.5 Å². The normalized spacial score (nSPS) is 18.1. The molecule has 0 bridgehead atoms. The Labute approximate surface area is 183 Å². The van der Waals surface area contributed by atoms with Crippen LogP contribution >= 0.6 is 0 Å². The molecule has 6 heteroatoms. The van der Waals surface area contributed by atoms with Crippen LogP contribution in [0.5, 0.6) is 5.75 Å². The minimum Gasteiger partial charge on any atom is -0.493 e. The van der Waals surface area contributed by atoms with E-state index in [4.69, 9.17) is 9.47 Å². The highest BCUT2D eigenvalue weighted by Gasteiger charge is 2.35. The van der Waals surface area contributed by atoms with Crippen LogP contribution in [-0.2, 0) is 16.1 Å². The lowest BCUT2D eigenvalue weighted by Crippen LogP contribution is -2.43. The maximum atomic E-state index is 13.2. The summed E-state index contributed by atoms with van der Waals surface area (Å²) in [4.78, 5) is 27.9. The van der Waals surface area contributed by atoms with Crippen molar-refractivity contribution in [2.24, 2.45) is 5.92 Å². The number of rotatable bonds is 9. The van der Waals surface area contributed by atoms with Crippen LogP contribution in [0.25, 0.3) is 0 Å². The SMILES string of the molecule is CCOc1ccccc1C(=O)N1CCCC1C(=O)Nc1cccc(COCC2CC2)c1. The van der Waals surface area contributed by atoms with Crippen LogP contribution in [0.1, 0.15) is 48.5 Å². The highest BCUT2D eigenvalue weighted by molar-refractivity contribution is 6.02. The van der Waals surface area contributed by atoms with Gasteiger partial charge in [0.25, 0.3) is 5.91 Å². The zero-order chi connectivity index (χ0) is 21.6. The van der Waals surface area contributed by atoms with Crippen molar-refractivity contribution in [1.29, 1.82) is 0 Å². The van der Waals surface area contributed by atoms with E-state index in [9.17, 15) is 9.59 Å². The van der Waals surface area contributed by atoms with Crippen LogP contribution in [0.2, 0.25) is 0 Å². The molecule has 6 nitrogen and oxygen atoms in total. The van der Waals surface area contributed by atoms with Gasteiger partial charge in [-0.2, -0.15) is 0 Å². The van der Waals surface area contributed by atoms with Crippen LogP contribution in [-0.4, -0.2) is 42.5 Å². The molecule has 0 spiro atoms. The Morgan fingerprint density at radius 2 is 1.94 bits per heavy atom. The number of nitrogens with zero attached hydrogens (tertiary/aromatic N) is 1. The third kappa shape index (κ3) is 5.44. The molecule has 2 aromatic rings. The van der Waals surface area contributed by atoms with Gasteiger partial charge in [0.2, 0.25) is 5.91 Å². The second-order valence-electron chi connectivity index (χ2n) is 8.23. The molecular formula is C25H30N2O4. The maximum Gasteiger partial charge on any atom is 0.258 e. The lowest BCUT2D eigenvalue weighted by atomic mass is 10.1. The van der Waals surface area contributed by atoms with E-state index in [0.717, 1.165) is 30.2 Å². The number of anilines is 1. The largest absolute Gasteiger partial charge is 0.493 e. The molecule has 0 aromatic heterocycles. The molecule has 1 heterocycles. The molecule has 1 N–H and O–H groups in total. The molecule has 0 radical (unpaired) electrons. The second-order valence-corrected chi connectivity index (χ2v) is 8.23. The van der Waals surface area contributed by atoms with Gasteiger partial charge >= 0.3 is 0 Å². The predicted molar refractivity (Wildman–Crippen MR) is 119 cm³/mol.